The van der Waals surface area contributed by atoms with Gasteiger partial charge in [-0.2, -0.15) is 0 Å². The van der Waals surface area contributed by atoms with Crippen LogP contribution >= 0.6 is 0 Å². The van der Waals surface area contributed by atoms with E-state index in [1.807, 2.05) is 36.4 Å². The van der Waals surface area contributed by atoms with Crippen LogP contribution in [0.25, 0.3) is 6.08 Å². The monoisotopic (exact) mass is 351 g/mol. The van der Waals surface area contributed by atoms with Crippen LogP contribution in [-0.4, -0.2) is 32.5 Å². The number of ether oxygens (including phenoxy) is 2. The van der Waals surface area contributed by atoms with Crippen LogP contribution in [-0.2, 0) is 11.2 Å². The van der Waals surface area contributed by atoms with Crippen molar-refractivity contribution in [2.24, 2.45) is 0 Å². The van der Waals surface area contributed by atoms with Gasteiger partial charge in [-0.1, -0.05) is 30.3 Å². The number of Topliss-reactive ketones (excluding diaryl/α,β-unsaturated/α-hetero) is 1. The summed E-state index contributed by atoms with van der Waals surface area (Å²) in [4.78, 5) is 24.0. The van der Waals surface area contributed by atoms with Gasteiger partial charge in [0.15, 0.2) is 23.9 Å². The van der Waals surface area contributed by atoms with Crippen molar-refractivity contribution in [3.63, 3.8) is 0 Å². The third kappa shape index (κ3) is 3.77. The summed E-state index contributed by atoms with van der Waals surface area (Å²) in [5, 5.41) is 2.50. The van der Waals surface area contributed by atoms with E-state index in [2.05, 4.69) is 5.32 Å². The molecule has 0 atom stereocenters. The van der Waals surface area contributed by atoms with E-state index in [0.29, 0.717) is 17.9 Å². The summed E-state index contributed by atoms with van der Waals surface area (Å²) in [6.07, 6.45) is 3.47. The number of carbonyl (C=O) groups excluding carboxylic acids is 2. The highest BCUT2D eigenvalue weighted by Crippen LogP contribution is 2.31. The third-order valence-electron chi connectivity index (χ3n) is 4.38. The Kier molecular flexibility index (Phi) is 5.37. The summed E-state index contributed by atoms with van der Waals surface area (Å²) in [6.45, 7) is -0.0808. The maximum absolute atomic E-state index is 12.7. The van der Waals surface area contributed by atoms with Crippen LogP contribution in [0.5, 0.6) is 11.5 Å². The number of aryl methyl sites for hydroxylation is 1. The number of likely N-dealkylation sites (N-methyl/N-ethyl adjacent to an activating group) is 1. The number of hydrogen-bond donors (Lipinski definition) is 1. The van der Waals surface area contributed by atoms with E-state index < -0.39 is 0 Å². The fraction of sp³-hybridized carbons (Fsp3) is 0.238. The van der Waals surface area contributed by atoms with Crippen molar-refractivity contribution in [2.75, 3.05) is 20.8 Å². The maximum Gasteiger partial charge on any atom is 0.257 e. The number of hydrogen-bond acceptors (Lipinski definition) is 4. The number of benzene rings is 2. The molecule has 1 aliphatic carbocycles. The van der Waals surface area contributed by atoms with E-state index in [9.17, 15) is 9.59 Å². The molecule has 134 valence electrons. The van der Waals surface area contributed by atoms with Crippen molar-refractivity contribution in [3.8, 4) is 11.5 Å². The Balaban J connectivity index is 1.83. The molecule has 0 heterocycles. The maximum atomic E-state index is 12.7. The molecule has 0 saturated heterocycles. The lowest BCUT2D eigenvalue weighted by molar-refractivity contribution is -0.122. The van der Waals surface area contributed by atoms with Gasteiger partial charge in [0, 0.05) is 18.2 Å². The van der Waals surface area contributed by atoms with Crippen molar-refractivity contribution in [1.82, 2.24) is 5.32 Å². The van der Waals surface area contributed by atoms with E-state index in [1.54, 1.807) is 26.3 Å². The average molecular weight is 351 g/mol. The van der Waals surface area contributed by atoms with Crippen molar-refractivity contribution in [2.45, 2.75) is 12.8 Å². The quantitative estimate of drug-likeness (QED) is 0.841. The third-order valence-corrected chi connectivity index (χ3v) is 4.38. The van der Waals surface area contributed by atoms with E-state index >= 15 is 0 Å². The van der Waals surface area contributed by atoms with Gasteiger partial charge in [-0.25, -0.2) is 0 Å². The van der Waals surface area contributed by atoms with Crippen LogP contribution in [0.15, 0.2) is 48.0 Å². The highest BCUT2D eigenvalue weighted by molar-refractivity contribution is 6.13. The number of methoxy groups -OCH3 is 1. The van der Waals surface area contributed by atoms with Gasteiger partial charge in [-0.05, 0) is 42.2 Å². The van der Waals surface area contributed by atoms with Gasteiger partial charge in [0.2, 0.25) is 0 Å². The predicted octanol–water partition coefficient (Wildman–Crippen LogP) is 3.03. The molecule has 1 N–H and O–H groups in total. The van der Waals surface area contributed by atoms with Gasteiger partial charge >= 0.3 is 0 Å². The van der Waals surface area contributed by atoms with Gasteiger partial charge in [-0.15, -0.1) is 0 Å². The van der Waals surface area contributed by atoms with Crippen LogP contribution in [0.4, 0.5) is 0 Å². The van der Waals surface area contributed by atoms with Gasteiger partial charge in [0.1, 0.15) is 0 Å². The summed E-state index contributed by atoms with van der Waals surface area (Å²) in [5.74, 6) is 0.862. The summed E-state index contributed by atoms with van der Waals surface area (Å²) < 4.78 is 10.8. The number of ketones is 1. The zero-order chi connectivity index (χ0) is 18.5. The largest absolute Gasteiger partial charge is 0.493 e. The van der Waals surface area contributed by atoms with E-state index in [1.165, 1.54) is 0 Å². The minimum absolute atomic E-state index is 0.0748. The van der Waals surface area contributed by atoms with Gasteiger partial charge in [0.05, 0.1) is 7.11 Å². The topological polar surface area (TPSA) is 64.6 Å². The van der Waals surface area contributed by atoms with Gasteiger partial charge < -0.3 is 14.8 Å². The fourth-order valence-corrected chi connectivity index (χ4v) is 2.96. The number of amides is 1. The Hall–Kier alpha value is -3.08. The molecule has 1 amide bonds. The molecule has 0 saturated carbocycles. The fourth-order valence-electron chi connectivity index (χ4n) is 2.96. The van der Waals surface area contributed by atoms with Crippen molar-refractivity contribution in [3.05, 3.63) is 64.7 Å². The average Bonchev–Trinajstić information content (AvgIpc) is 2.68. The standard InChI is InChI=1S/C21H21NO4/c1-22-20(23)13-26-18-10-7-14(12-19(18)25-2)11-16-9-8-15-5-3-4-6-17(15)21(16)24/h3-7,10-12H,8-9,13H2,1-2H3,(H,22,23)/b16-11+. The molecule has 1 aliphatic rings. The Bertz CT molecular complexity index is 870. The van der Waals surface area contributed by atoms with E-state index in [4.69, 9.17) is 9.47 Å². The lowest BCUT2D eigenvalue weighted by atomic mass is 9.86. The minimum atomic E-state index is -0.218. The van der Waals surface area contributed by atoms with Crippen LogP contribution < -0.4 is 14.8 Å². The lowest BCUT2D eigenvalue weighted by Crippen LogP contribution is -2.24. The molecule has 3 rings (SSSR count). The molecule has 0 aliphatic heterocycles. The summed E-state index contributed by atoms with van der Waals surface area (Å²) in [6, 6.07) is 13.1. The van der Waals surface area contributed by atoms with Gasteiger partial charge in [0.25, 0.3) is 5.91 Å². The number of nitrogens with one attached hydrogen (secondary N) is 1. The Morgan fingerprint density at radius 1 is 1.15 bits per heavy atom. The number of rotatable bonds is 5. The first-order valence-corrected chi connectivity index (χ1v) is 8.47. The summed E-state index contributed by atoms with van der Waals surface area (Å²) in [5.41, 5.74) is 3.52. The highest BCUT2D eigenvalue weighted by atomic mass is 16.5. The molecular formula is C21H21NO4. The molecule has 0 radical (unpaired) electrons. The zero-order valence-electron chi connectivity index (χ0n) is 14.9. The second-order valence-electron chi connectivity index (χ2n) is 6.03. The second-order valence-corrected chi connectivity index (χ2v) is 6.03. The molecule has 0 fully saturated rings. The molecule has 26 heavy (non-hydrogen) atoms. The Morgan fingerprint density at radius 3 is 2.73 bits per heavy atom. The molecule has 5 heteroatoms. The van der Waals surface area contributed by atoms with Crippen LogP contribution in [0.3, 0.4) is 0 Å². The predicted molar refractivity (Wildman–Crippen MR) is 99.6 cm³/mol. The zero-order valence-corrected chi connectivity index (χ0v) is 14.9. The van der Waals surface area contributed by atoms with Gasteiger partial charge in [-0.3, -0.25) is 9.59 Å². The van der Waals surface area contributed by atoms with E-state index in [-0.39, 0.29) is 18.3 Å². The Labute approximate surface area is 152 Å². The molecule has 0 unspecified atom stereocenters. The van der Waals surface area contributed by atoms with E-state index in [0.717, 1.165) is 28.7 Å². The highest BCUT2D eigenvalue weighted by Gasteiger charge is 2.21. The molecule has 2 aromatic carbocycles. The molecule has 5 nitrogen and oxygen atoms in total. The van der Waals surface area contributed by atoms with Crippen LogP contribution in [0.1, 0.15) is 27.9 Å². The van der Waals surface area contributed by atoms with Crippen LogP contribution in [0.2, 0.25) is 0 Å². The summed E-state index contributed by atoms with van der Waals surface area (Å²) in [7, 11) is 3.10. The first-order chi connectivity index (χ1) is 12.6. The number of allylic oxidation sites excluding steroid dienone is 1. The molecule has 0 bridgehead atoms. The number of carbonyl (C=O) groups is 2. The normalized spacial score (nSPS) is 14.7. The molecule has 0 aromatic heterocycles. The van der Waals surface area contributed by atoms with Crippen LogP contribution in [0, 0.1) is 0 Å². The molecule has 0 spiro atoms. The second kappa shape index (κ2) is 7.87. The first-order valence-electron chi connectivity index (χ1n) is 8.47. The summed E-state index contributed by atoms with van der Waals surface area (Å²) >= 11 is 0. The van der Waals surface area contributed by atoms with Crippen molar-refractivity contribution < 1.29 is 19.1 Å². The minimum Gasteiger partial charge on any atom is -0.493 e. The Morgan fingerprint density at radius 2 is 1.96 bits per heavy atom. The SMILES string of the molecule is CNC(=O)COc1ccc(/C=C2\CCc3ccccc3C2=O)cc1OC. The number of fused-ring (bicyclic) bond motifs is 1. The first kappa shape index (κ1) is 17.7. The molecular weight excluding hydrogens is 330 g/mol. The lowest BCUT2D eigenvalue weighted by Gasteiger charge is -2.17. The van der Waals surface area contributed by atoms with Crippen molar-refractivity contribution >= 4 is 17.8 Å². The molecule has 2 aromatic rings. The smallest absolute Gasteiger partial charge is 0.257 e. The van der Waals surface area contributed by atoms with Crippen molar-refractivity contribution in [1.29, 1.82) is 0 Å².